The molecule has 50 heavy (non-hydrogen) atoms. The predicted molar refractivity (Wildman–Crippen MR) is 210 cm³/mol. The van der Waals surface area contributed by atoms with Crippen LogP contribution >= 0.6 is 0 Å². The van der Waals surface area contributed by atoms with Gasteiger partial charge in [0.15, 0.2) is 0 Å². The minimum atomic E-state index is -0.453. The molecule has 0 N–H and O–H groups in total. The van der Waals surface area contributed by atoms with Crippen molar-refractivity contribution in [2.75, 3.05) is 0 Å². The Morgan fingerprint density at radius 2 is 0.840 bits per heavy atom. The summed E-state index contributed by atoms with van der Waals surface area (Å²) in [5.41, 5.74) is 5.84. The van der Waals surface area contributed by atoms with Gasteiger partial charge in [0.25, 0.3) is 0 Å². The Morgan fingerprint density at radius 3 is 1.56 bits per heavy atom. The zero-order chi connectivity index (χ0) is 39.7. The molecular weight excluding hydrogens is 609 g/mol. The zero-order valence-corrected chi connectivity index (χ0v) is 26.4. The van der Waals surface area contributed by atoms with E-state index in [1.165, 1.54) is 0 Å². The van der Waals surface area contributed by atoms with E-state index in [0.29, 0.717) is 38.8 Å². The van der Waals surface area contributed by atoms with Crippen molar-refractivity contribution in [3.63, 3.8) is 0 Å². The fourth-order valence-corrected chi connectivity index (χ4v) is 7.85. The summed E-state index contributed by atoms with van der Waals surface area (Å²) in [6.45, 7) is 0. The quantitative estimate of drug-likeness (QED) is 0.179. The van der Waals surface area contributed by atoms with Gasteiger partial charge in [-0.2, -0.15) is 0 Å². The molecule has 2 heteroatoms. The molecule has 0 atom stereocenters. The highest BCUT2D eigenvalue weighted by atomic mass is 16.3. The Kier molecular flexibility index (Phi) is 4.31. The van der Waals surface area contributed by atoms with Crippen LogP contribution in [0.4, 0.5) is 0 Å². The highest BCUT2D eigenvalue weighted by Crippen LogP contribution is 2.50. The van der Waals surface area contributed by atoms with Crippen LogP contribution in [-0.2, 0) is 0 Å². The lowest BCUT2D eigenvalue weighted by Gasteiger charge is -2.19. The molecular formula is C48H28O2. The van der Waals surface area contributed by atoms with Crippen molar-refractivity contribution in [2.24, 2.45) is 0 Å². The summed E-state index contributed by atoms with van der Waals surface area (Å²) in [7, 11) is 0. The number of furan rings is 2. The van der Waals surface area contributed by atoms with Crippen LogP contribution in [0.25, 0.3) is 110 Å². The maximum absolute atomic E-state index is 9.58. The molecule has 9 aromatic carbocycles. The third-order valence-electron chi connectivity index (χ3n) is 9.92. The van der Waals surface area contributed by atoms with Gasteiger partial charge in [-0.3, -0.25) is 0 Å². The minimum absolute atomic E-state index is 0.147. The van der Waals surface area contributed by atoms with E-state index in [0.717, 1.165) is 43.6 Å². The van der Waals surface area contributed by atoms with Gasteiger partial charge in [0.05, 0.1) is 11.0 Å². The van der Waals surface area contributed by atoms with Crippen molar-refractivity contribution in [2.45, 2.75) is 0 Å². The molecule has 0 aliphatic heterocycles. The van der Waals surface area contributed by atoms with E-state index >= 15 is 0 Å². The van der Waals surface area contributed by atoms with Gasteiger partial charge in [0.2, 0.25) is 0 Å². The smallest absolute Gasteiger partial charge is 0.143 e. The Morgan fingerprint density at radius 1 is 0.340 bits per heavy atom. The molecule has 0 aliphatic rings. The first-order valence-electron chi connectivity index (χ1n) is 20.4. The summed E-state index contributed by atoms with van der Waals surface area (Å²) in [5.74, 6) is 0. The van der Waals surface area contributed by atoms with Crippen molar-refractivity contribution in [3.8, 4) is 33.4 Å². The largest absolute Gasteiger partial charge is 0.456 e. The van der Waals surface area contributed by atoms with Gasteiger partial charge in [-0.1, -0.05) is 145 Å². The monoisotopic (exact) mass is 644 g/mol. The van der Waals surface area contributed by atoms with Gasteiger partial charge in [-0.05, 0) is 84.4 Å². The third-order valence-corrected chi connectivity index (χ3v) is 9.92. The van der Waals surface area contributed by atoms with E-state index in [2.05, 4.69) is 0 Å². The first-order valence-corrected chi connectivity index (χ1v) is 16.4. The maximum Gasteiger partial charge on any atom is 0.143 e. The van der Waals surface area contributed by atoms with Crippen LogP contribution in [0.1, 0.15) is 11.0 Å². The highest BCUT2D eigenvalue weighted by Gasteiger charge is 2.24. The molecule has 0 radical (unpaired) electrons. The molecule has 2 aromatic heterocycles. The lowest BCUT2D eigenvalue weighted by atomic mass is 9.83. The Labute approximate surface area is 298 Å². The Balaban J connectivity index is 1.39. The highest BCUT2D eigenvalue weighted by molar-refractivity contribution is 6.28. The van der Waals surface area contributed by atoms with Gasteiger partial charge >= 0.3 is 0 Å². The second-order valence-electron chi connectivity index (χ2n) is 12.5. The summed E-state index contributed by atoms with van der Waals surface area (Å²) in [4.78, 5) is 0. The summed E-state index contributed by atoms with van der Waals surface area (Å²) in [6, 6.07) is 35.3. The number of benzene rings is 9. The Bertz CT molecular complexity index is 3530. The molecule has 0 bridgehead atoms. The van der Waals surface area contributed by atoms with Gasteiger partial charge in [0, 0.05) is 27.1 Å². The van der Waals surface area contributed by atoms with Crippen molar-refractivity contribution < 1.29 is 19.8 Å². The standard InChI is InChI=1S/C48H28O2/c1-2-15-30-29(13-1)14-11-22-31(30)44-32-16-3-5-18-34(32)45(35-19-6-4-17-33(35)44)40-28-27-37(48-47(40)39-21-8-10-25-42(39)50-48)36-23-12-26-43-46(36)38-20-7-9-24-41(38)49-43/h1-28H/i3D,4D,5D,6D,16D,17D,18D,19D. The molecule has 0 aliphatic carbocycles. The average molecular weight is 645 g/mol. The molecule has 0 amide bonds. The van der Waals surface area contributed by atoms with Crippen molar-refractivity contribution in [1.29, 1.82) is 0 Å². The predicted octanol–water partition coefficient (Wildman–Crippen LogP) is 13.9. The van der Waals surface area contributed by atoms with Crippen molar-refractivity contribution >= 4 is 76.2 Å². The van der Waals surface area contributed by atoms with E-state index in [1.807, 2.05) is 121 Å². The van der Waals surface area contributed by atoms with Crippen LogP contribution in [0.15, 0.2) is 179 Å². The molecule has 0 saturated carbocycles. The van der Waals surface area contributed by atoms with E-state index in [1.54, 1.807) is 0 Å². The zero-order valence-electron chi connectivity index (χ0n) is 34.4. The second kappa shape index (κ2) is 10.4. The first kappa shape index (κ1) is 20.7. The third kappa shape index (κ3) is 3.79. The molecule has 0 unspecified atom stereocenters. The summed E-state index contributed by atoms with van der Waals surface area (Å²) < 4.78 is 87.0. The molecule has 11 aromatic rings. The summed E-state index contributed by atoms with van der Waals surface area (Å²) in [5, 5.41) is 5.48. The first-order chi connectivity index (χ1) is 28.2. The van der Waals surface area contributed by atoms with Crippen molar-refractivity contribution in [3.05, 3.63) is 170 Å². The fourth-order valence-electron chi connectivity index (χ4n) is 7.85. The van der Waals surface area contributed by atoms with E-state index in [9.17, 15) is 5.48 Å². The van der Waals surface area contributed by atoms with Crippen LogP contribution in [0.5, 0.6) is 0 Å². The molecule has 2 nitrogen and oxygen atoms in total. The lowest BCUT2D eigenvalue weighted by Crippen LogP contribution is -1.92. The topological polar surface area (TPSA) is 26.3 Å². The summed E-state index contributed by atoms with van der Waals surface area (Å²) in [6.07, 6.45) is 0. The van der Waals surface area contributed by atoms with Gasteiger partial charge in [0.1, 0.15) is 22.3 Å². The van der Waals surface area contributed by atoms with E-state index < -0.39 is 24.2 Å². The number of para-hydroxylation sites is 2. The van der Waals surface area contributed by atoms with Crippen LogP contribution in [0.3, 0.4) is 0 Å². The molecule has 0 saturated heterocycles. The number of hydrogen-bond donors (Lipinski definition) is 0. The van der Waals surface area contributed by atoms with Crippen LogP contribution in [0, 0.1) is 0 Å². The number of fused-ring (bicyclic) bond motifs is 9. The summed E-state index contributed by atoms with van der Waals surface area (Å²) >= 11 is 0. The minimum Gasteiger partial charge on any atom is -0.456 e. The normalized spacial score (nSPS) is 14.2. The molecule has 232 valence electrons. The fraction of sp³-hybridized carbons (Fsp3) is 0. The lowest BCUT2D eigenvalue weighted by molar-refractivity contribution is 0.668. The van der Waals surface area contributed by atoms with E-state index in [-0.39, 0.29) is 51.3 Å². The number of rotatable bonds is 3. The van der Waals surface area contributed by atoms with E-state index in [4.69, 9.17) is 14.3 Å². The van der Waals surface area contributed by atoms with Gasteiger partial charge < -0.3 is 8.83 Å². The average Bonchev–Trinajstić information content (AvgIpc) is 3.84. The molecule has 0 spiro atoms. The Hall–Kier alpha value is -6.64. The van der Waals surface area contributed by atoms with Crippen LogP contribution in [-0.4, -0.2) is 0 Å². The number of hydrogen-bond acceptors (Lipinski definition) is 2. The SMILES string of the molecule is [2H]c1c([2H])c([2H])c2c(-c3ccc(-c4cccc5oc6ccccc6c45)c4oc5ccccc5c34)c3c([2H])c([2H])c([2H])c([2H])c3c(-c3cccc4ccccc34)c2c1[2H]. The molecule has 0 fully saturated rings. The van der Waals surface area contributed by atoms with Gasteiger partial charge in [-0.15, -0.1) is 0 Å². The maximum atomic E-state index is 9.58. The molecule has 11 rings (SSSR count). The van der Waals surface area contributed by atoms with Crippen LogP contribution < -0.4 is 0 Å². The van der Waals surface area contributed by atoms with Crippen LogP contribution in [0.2, 0.25) is 0 Å². The van der Waals surface area contributed by atoms with Crippen molar-refractivity contribution in [1.82, 2.24) is 0 Å². The molecule has 2 heterocycles. The van der Waals surface area contributed by atoms with Gasteiger partial charge in [-0.25, -0.2) is 0 Å². The second-order valence-corrected chi connectivity index (χ2v) is 12.5.